The third-order valence-corrected chi connectivity index (χ3v) is 2.18. The molecule has 96 valence electrons. The molecule has 0 spiro atoms. The lowest BCUT2D eigenvalue weighted by atomic mass is 10.3. The van der Waals surface area contributed by atoms with Crippen molar-refractivity contribution in [1.29, 1.82) is 0 Å². The Kier molecular flexibility index (Phi) is 2.93. The predicted molar refractivity (Wildman–Crippen MR) is 57.5 cm³/mol. The first kappa shape index (κ1) is 12.3. The molecule has 0 aliphatic heterocycles. The fourth-order valence-electron chi connectivity index (χ4n) is 1.47. The lowest BCUT2D eigenvalue weighted by Gasteiger charge is -2.03. The third-order valence-electron chi connectivity index (χ3n) is 2.18. The smallest absolute Gasteiger partial charge is 0.384 e. The molecule has 0 amide bonds. The van der Waals surface area contributed by atoms with Gasteiger partial charge in [-0.1, -0.05) is 0 Å². The minimum Gasteiger partial charge on any atom is -0.384 e. The largest absolute Gasteiger partial charge is 0.419 e. The van der Waals surface area contributed by atoms with Crippen LogP contribution in [0, 0.1) is 6.92 Å². The van der Waals surface area contributed by atoms with Gasteiger partial charge in [0.25, 0.3) is 0 Å². The Balaban J connectivity index is 2.21. The highest BCUT2D eigenvalue weighted by molar-refractivity contribution is 5.29. The minimum absolute atomic E-state index is 0.0436. The summed E-state index contributed by atoms with van der Waals surface area (Å²) >= 11 is 0. The lowest BCUT2D eigenvalue weighted by molar-refractivity contribution is -0.137. The maximum atomic E-state index is 12.4. The van der Waals surface area contributed by atoms with E-state index in [9.17, 15) is 13.2 Å². The molecule has 2 rings (SSSR count). The molecule has 2 heterocycles. The number of hydrogen-bond acceptors (Lipinski definition) is 4. The number of hydrogen-bond donors (Lipinski definition) is 1. The van der Waals surface area contributed by atoms with Crippen molar-refractivity contribution in [2.75, 3.05) is 5.73 Å². The molecule has 0 radical (unpaired) electrons. The Morgan fingerprint density at radius 2 is 2.06 bits per heavy atom. The fourth-order valence-corrected chi connectivity index (χ4v) is 1.47. The molecule has 18 heavy (non-hydrogen) atoms. The second-order valence-corrected chi connectivity index (χ2v) is 3.77. The van der Waals surface area contributed by atoms with E-state index in [2.05, 4.69) is 15.1 Å². The van der Waals surface area contributed by atoms with Crippen LogP contribution in [0.2, 0.25) is 0 Å². The van der Waals surface area contributed by atoms with Crippen LogP contribution in [0.1, 0.15) is 17.1 Å². The van der Waals surface area contributed by atoms with E-state index < -0.39 is 11.7 Å². The highest BCUT2D eigenvalue weighted by Crippen LogP contribution is 2.28. The molecule has 0 aliphatic carbocycles. The maximum Gasteiger partial charge on any atom is 0.419 e. The van der Waals surface area contributed by atoms with Crippen molar-refractivity contribution in [3.63, 3.8) is 0 Å². The quantitative estimate of drug-likeness (QED) is 0.887. The number of aromatic nitrogens is 4. The number of nitrogens with zero attached hydrogens (tertiary/aromatic N) is 4. The van der Waals surface area contributed by atoms with E-state index in [0.29, 0.717) is 11.5 Å². The molecule has 8 heteroatoms. The second-order valence-electron chi connectivity index (χ2n) is 3.77. The Labute approximate surface area is 100 Å². The van der Waals surface area contributed by atoms with Crippen LogP contribution in [0.5, 0.6) is 0 Å². The molecule has 2 aromatic rings. The fraction of sp³-hybridized carbons (Fsp3) is 0.300. The van der Waals surface area contributed by atoms with E-state index in [-0.39, 0.29) is 12.4 Å². The van der Waals surface area contributed by atoms with Crippen molar-refractivity contribution >= 4 is 5.82 Å². The monoisotopic (exact) mass is 257 g/mol. The SMILES string of the molecule is Cc1cc(N)nc(Cn2cc(C(F)(F)F)cn2)n1. The van der Waals surface area contributed by atoms with Gasteiger partial charge >= 0.3 is 6.18 Å². The van der Waals surface area contributed by atoms with E-state index in [0.717, 1.165) is 17.1 Å². The highest BCUT2D eigenvalue weighted by Gasteiger charge is 2.32. The Morgan fingerprint density at radius 1 is 1.33 bits per heavy atom. The van der Waals surface area contributed by atoms with Crippen LogP contribution >= 0.6 is 0 Å². The van der Waals surface area contributed by atoms with Crippen LogP contribution in [0.15, 0.2) is 18.5 Å². The van der Waals surface area contributed by atoms with E-state index in [1.807, 2.05) is 0 Å². The van der Waals surface area contributed by atoms with Crippen LogP contribution in [-0.2, 0) is 12.7 Å². The van der Waals surface area contributed by atoms with Crippen molar-refractivity contribution in [1.82, 2.24) is 19.7 Å². The number of nitrogen functional groups attached to an aromatic ring is 1. The second kappa shape index (κ2) is 4.28. The average Bonchev–Trinajstić information content (AvgIpc) is 2.63. The number of halogens is 3. The summed E-state index contributed by atoms with van der Waals surface area (Å²) < 4.78 is 38.2. The zero-order valence-electron chi connectivity index (χ0n) is 9.44. The van der Waals surface area contributed by atoms with Gasteiger partial charge in [0.1, 0.15) is 12.4 Å². The Hall–Kier alpha value is -2.12. The third kappa shape index (κ3) is 2.76. The maximum absolute atomic E-state index is 12.4. The van der Waals surface area contributed by atoms with Crippen LogP contribution < -0.4 is 5.73 Å². The van der Waals surface area contributed by atoms with Crippen LogP contribution in [-0.4, -0.2) is 19.7 Å². The minimum atomic E-state index is -4.40. The molecular weight excluding hydrogens is 247 g/mol. The summed E-state index contributed by atoms with van der Waals surface area (Å²) in [6.45, 7) is 1.77. The first-order chi connectivity index (χ1) is 8.34. The zero-order chi connectivity index (χ0) is 13.3. The Bertz CT molecular complexity index is 541. The Morgan fingerprint density at radius 3 is 2.61 bits per heavy atom. The molecule has 0 saturated carbocycles. The summed E-state index contributed by atoms with van der Waals surface area (Å²) in [5.41, 5.74) is 5.38. The summed E-state index contributed by atoms with van der Waals surface area (Å²) in [6, 6.07) is 1.58. The highest BCUT2D eigenvalue weighted by atomic mass is 19.4. The summed E-state index contributed by atoms with van der Waals surface area (Å²) in [5.74, 6) is 0.602. The molecule has 2 aromatic heterocycles. The van der Waals surface area contributed by atoms with Gasteiger partial charge in [-0.2, -0.15) is 18.3 Å². The zero-order valence-corrected chi connectivity index (χ0v) is 9.44. The van der Waals surface area contributed by atoms with E-state index >= 15 is 0 Å². The molecule has 0 aromatic carbocycles. The molecule has 0 unspecified atom stereocenters. The van der Waals surface area contributed by atoms with E-state index in [1.165, 1.54) is 0 Å². The van der Waals surface area contributed by atoms with E-state index in [1.54, 1.807) is 13.0 Å². The number of rotatable bonds is 2. The van der Waals surface area contributed by atoms with Gasteiger partial charge in [0.15, 0.2) is 5.82 Å². The van der Waals surface area contributed by atoms with Crippen molar-refractivity contribution in [3.05, 3.63) is 35.5 Å². The van der Waals surface area contributed by atoms with E-state index in [4.69, 9.17) is 5.73 Å². The van der Waals surface area contributed by atoms with Crippen LogP contribution in [0.4, 0.5) is 19.0 Å². The summed E-state index contributed by atoms with van der Waals surface area (Å²) in [5, 5.41) is 3.61. The summed E-state index contributed by atoms with van der Waals surface area (Å²) in [4.78, 5) is 7.99. The molecule has 0 fully saturated rings. The van der Waals surface area contributed by atoms with Gasteiger partial charge in [0.2, 0.25) is 0 Å². The van der Waals surface area contributed by atoms with Gasteiger partial charge in [-0.05, 0) is 6.92 Å². The summed E-state index contributed by atoms with van der Waals surface area (Å²) in [6.07, 6.45) is -2.73. The summed E-state index contributed by atoms with van der Waals surface area (Å²) in [7, 11) is 0. The average molecular weight is 257 g/mol. The van der Waals surface area contributed by atoms with Crippen molar-refractivity contribution in [3.8, 4) is 0 Å². The lowest BCUT2D eigenvalue weighted by Crippen LogP contribution is -2.08. The molecule has 0 aliphatic rings. The van der Waals surface area contributed by atoms with Crippen molar-refractivity contribution in [2.24, 2.45) is 0 Å². The molecule has 2 N–H and O–H groups in total. The molecule has 0 bridgehead atoms. The van der Waals surface area contributed by atoms with Gasteiger partial charge in [-0.25, -0.2) is 9.97 Å². The number of aryl methyl sites for hydroxylation is 1. The van der Waals surface area contributed by atoms with Gasteiger partial charge in [-0.3, -0.25) is 4.68 Å². The first-order valence-electron chi connectivity index (χ1n) is 5.04. The predicted octanol–water partition coefficient (Wildman–Crippen LogP) is 1.63. The van der Waals surface area contributed by atoms with Gasteiger partial charge < -0.3 is 5.73 Å². The van der Waals surface area contributed by atoms with Crippen molar-refractivity contribution in [2.45, 2.75) is 19.6 Å². The molecule has 0 saturated heterocycles. The molecule has 0 atom stereocenters. The van der Waals surface area contributed by atoms with Crippen LogP contribution in [0.3, 0.4) is 0 Å². The van der Waals surface area contributed by atoms with Gasteiger partial charge in [0.05, 0.1) is 11.8 Å². The number of alkyl halides is 3. The molecule has 5 nitrogen and oxygen atoms in total. The number of nitrogens with two attached hydrogens (primary N) is 1. The van der Waals surface area contributed by atoms with Crippen molar-refractivity contribution < 1.29 is 13.2 Å². The van der Waals surface area contributed by atoms with Gasteiger partial charge in [-0.15, -0.1) is 0 Å². The topological polar surface area (TPSA) is 69.6 Å². The number of anilines is 1. The standard InChI is InChI=1S/C10H10F3N5/c1-6-2-8(14)17-9(16-6)5-18-4-7(3-15-18)10(11,12)13/h2-4H,5H2,1H3,(H2,14,16,17). The molecular formula is C10H10F3N5. The normalized spacial score (nSPS) is 11.8. The first-order valence-corrected chi connectivity index (χ1v) is 5.04. The van der Waals surface area contributed by atoms with Crippen LogP contribution in [0.25, 0.3) is 0 Å². The van der Waals surface area contributed by atoms with Gasteiger partial charge in [0, 0.05) is 18.0 Å².